The van der Waals surface area contributed by atoms with Crippen LogP contribution in [-0.4, -0.2) is 42.2 Å². The van der Waals surface area contributed by atoms with E-state index in [1.807, 2.05) is 158 Å². The number of hydrazine groups is 1. The Bertz CT molecular complexity index is 2610. The molecule has 1 amide bonds. The van der Waals surface area contributed by atoms with Crippen LogP contribution in [0.15, 0.2) is 191 Å². The number of nitrogens with zero attached hydrogens (tertiary/aromatic N) is 1. The molecule has 8 rings (SSSR count). The highest BCUT2D eigenvalue weighted by molar-refractivity contribution is 9.10. The monoisotopic (exact) mass is 915 g/mol. The van der Waals surface area contributed by atoms with E-state index in [2.05, 4.69) is 51.0 Å². The van der Waals surface area contributed by atoms with Crippen molar-refractivity contribution >= 4 is 27.7 Å². The number of aliphatic hydroxyl groups excluding tert-OH is 1. The number of hydrogen-bond acceptors (Lipinski definition) is 8. The smallest absolute Gasteiger partial charge is 0.266 e. The van der Waals surface area contributed by atoms with E-state index in [-0.39, 0.29) is 18.9 Å². The number of carbonyl (C=O) groups excluding carboxylic acids is 1. The number of amides is 1. The third kappa shape index (κ3) is 11.1. The van der Waals surface area contributed by atoms with Crippen molar-refractivity contribution in [3.63, 3.8) is 0 Å². The largest absolute Gasteiger partial charge is 0.494 e. The highest BCUT2D eigenvalue weighted by Crippen LogP contribution is 2.44. The molecule has 1 aliphatic heterocycles. The topological polar surface area (TPSA) is 111 Å². The molecule has 0 spiro atoms. The summed E-state index contributed by atoms with van der Waals surface area (Å²) < 4.78 is 26.1. The first-order valence-corrected chi connectivity index (χ1v) is 22.3. The molecule has 0 saturated carbocycles. The minimum atomic E-state index is -1.42. The van der Waals surface area contributed by atoms with E-state index in [4.69, 9.17) is 23.9 Å². The predicted molar refractivity (Wildman–Crippen MR) is 254 cm³/mol. The standard InChI is InChI=1S/C54H50BrN3O6/c55-48-20-11-10-19-46(48)36-54(51(44-24-22-43(23-25-44)42-17-8-3-9-18-42)64-52(57-54)45-26-28-47(29-27-45)61-34-12-33-59)53(60)58-56-32-31-39-21-30-49(62-37-40-13-4-1-5-14-40)50(35-39)63-38-41-15-6-2-7-16-41/h1-11,13-30,35,51,56,59H,12,31-34,36-38H2,(H,58,60)/t51-,54-/m0/s1. The summed E-state index contributed by atoms with van der Waals surface area (Å²) in [6.07, 6.45) is 0.574. The molecule has 1 heterocycles. The molecule has 0 fully saturated rings. The second-order valence-electron chi connectivity index (χ2n) is 15.5. The summed E-state index contributed by atoms with van der Waals surface area (Å²) >= 11 is 3.74. The summed E-state index contributed by atoms with van der Waals surface area (Å²) in [6.45, 7) is 1.67. The molecule has 10 heteroatoms. The first kappa shape index (κ1) is 43.9. The van der Waals surface area contributed by atoms with Crippen molar-refractivity contribution in [2.45, 2.75) is 44.1 Å². The Morgan fingerprint density at radius 3 is 1.94 bits per heavy atom. The lowest BCUT2D eigenvalue weighted by atomic mass is 9.82. The first-order valence-electron chi connectivity index (χ1n) is 21.5. The van der Waals surface area contributed by atoms with Crippen LogP contribution in [0, 0.1) is 0 Å². The Morgan fingerprint density at radius 2 is 1.27 bits per heavy atom. The van der Waals surface area contributed by atoms with Gasteiger partial charge in [0.1, 0.15) is 19.0 Å². The summed E-state index contributed by atoms with van der Waals surface area (Å²) in [5.74, 6) is 1.97. The minimum Gasteiger partial charge on any atom is -0.494 e. The van der Waals surface area contributed by atoms with E-state index < -0.39 is 11.6 Å². The van der Waals surface area contributed by atoms with Crippen LogP contribution in [0.25, 0.3) is 11.1 Å². The second kappa shape index (κ2) is 21.6. The van der Waals surface area contributed by atoms with Crippen LogP contribution in [0.3, 0.4) is 0 Å². The van der Waals surface area contributed by atoms with Gasteiger partial charge >= 0.3 is 0 Å². The Hall–Kier alpha value is -6.72. The third-order valence-electron chi connectivity index (χ3n) is 11.0. The fourth-order valence-electron chi connectivity index (χ4n) is 7.56. The Kier molecular flexibility index (Phi) is 14.8. The Balaban J connectivity index is 1.05. The van der Waals surface area contributed by atoms with E-state index >= 15 is 0 Å². The zero-order chi connectivity index (χ0) is 44.0. The third-order valence-corrected chi connectivity index (χ3v) is 11.8. The summed E-state index contributed by atoms with van der Waals surface area (Å²) in [7, 11) is 0. The number of aliphatic hydroxyl groups is 1. The molecule has 7 aromatic carbocycles. The van der Waals surface area contributed by atoms with Crippen LogP contribution >= 0.6 is 15.9 Å². The van der Waals surface area contributed by atoms with Crippen molar-refractivity contribution in [3.05, 3.63) is 220 Å². The molecule has 0 saturated heterocycles. The van der Waals surface area contributed by atoms with Gasteiger partial charge < -0.3 is 24.1 Å². The van der Waals surface area contributed by atoms with Gasteiger partial charge in [0.2, 0.25) is 5.90 Å². The molecule has 7 aromatic rings. The van der Waals surface area contributed by atoms with Gasteiger partial charge in [-0.15, -0.1) is 0 Å². The van der Waals surface area contributed by atoms with Crippen molar-refractivity contribution in [1.29, 1.82) is 0 Å². The summed E-state index contributed by atoms with van der Waals surface area (Å²) in [4.78, 5) is 20.2. The van der Waals surface area contributed by atoms with Gasteiger partial charge in [-0.25, -0.2) is 10.4 Å². The fourth-order valence-corrected chi connectivity index (χ4v) is 7.99. The number of nitrogens with one attached hydrogen (secondary N) is 2. The van der Waals surface area contributed by atoms with Crippen LogP contribution in [0.4, 0.5) is 0 Å². The highest BCUT2D eigenvalue weighted by atomic mass is 79.9. The molecule has 0 unspecified atom stereocenters. The lowest BCUT2D eigenvalue weighted by Crippen LogP contribution is -2.54. The molecule has 64 heavy (non-hydrogen) atoms. The lowest BCUT2D eigenvalue weighted by Gasteiger charge is -2.31. The normalized spacial score (nSPS) is 15.5. The number of aliphatic imine (C=N–C) groups is 1. The number of carbonyl (C=O) groups is 1. The molecule has 3 N–H and O–H groups in total. The minimum absolute atomic E-state index is 0.0517. The fraction of sp³-hybridized carbons (Fsp3) is 0.185. The highest BCUT2D eigenvalue weighted by Gasteiger charge is 2.53. The van der Waals surface area contributed by atoms with Gasteiger partial charge in [0.05, 0.1) is 6.61 Å². The number of benzene rings is 7. The summed E-state index contributed by atoms with van der Waals surface area (Å²) in [5, 5.41) is 9.22. The number of halogens is 1. The number of rotatable bonds is 20. The zero-order valence-corrected chi connectivity index (χ0v) is 37.0. The molecule has 0 aromatic heterocycles. The second-order valence-corrected chi connectivity index (χ2v) is 16.4. The summed E-state index contributed by atoms with van der Waals surface area (Å²) in [6, 6.07) is 59.7. The molecular formula is C54H50BrN3O6. The van der Waals surface area contributed by atoms with E-state index in [1.165, 1.54) is 0 Å². The van der Waals surface area contributed by atoms with E-state index in [1.54, 1.807) is 0 Å². The number of hydrogen-bond donors (Lipinski definition) is 3. The van der Waals surface area contributed by atoms with Crippen LogP contribution in [0.2, 0.25) is 0 Å². The number of ether oxygens (including phenoxy) is 4. The van der Waals surface area contributed by atoms with Crippen LogP contribution in [0.1, 0.15) is 45.9 Å². The molecule has 0 bridgehead atoms. The van der Waals surface area contributed by atoms with Crippen molar-refractivity contribution < 1.29 is 28.8 Å². The lowest BCUT2D eigenvalue weighted by molar-refractivity contribution is -0.130. The zero-order valence-electron chi connectivity index (χ0n) is 35.4. The van der Waals surface area contributed by atoms with Crippen LogP contribution < -0.4 is 25.1 Å². The Labute approximate surface area is 382 Å². The van der Waals surface area contributed by atoms with Crippen LogP contribution in [-0.2, 0) is 35.6 Å². The molecule has 1 aliphatic rings. The quantitative estimate of drug-likeness (QED) is 0.0516. The van der Waals surface area contributed by atoms with E-state index in [0.717, 1.165) is 43.4 Å². The van der Waals surface area contributed by atoms with E-state index in [9.17, 15) is 9.90 Å². The SMILES string of the molecule is O=C(NNCCc1ccc(OCc2ccccc2)c(OCc2ccccc2)c1)[C@@]1(Cc2ccccc2Br)N=C(c2ccc(OCCCO)cc2)O[C@H]1c1ccc(-c2ccccc2)cc1. The van der Waals surface area contributed by atoms with Gasteiger partial charge in [0, 0.05) is 36.0 Å². The maximum Gasteiger partial charge on any atom is 0.266 e. The maximum atomic E-state index is 15.0. The van der Waals surface area contributed by atoms with Gasteiger partial charge in [0.25, 0.3) is 5.91 Å². The van der Waals surface area contributed by atoms with Crippen LogP contribution in [0.5, 0.6) is 17.2 Å². The molecule has 324 valence electrons. The van der Waals surface area contributed by atoms with Crippen molar-refractivity contribution in [2.75, 3.05) is 19.8 Å². The Morgan fingerprint density at radius 1 is 0.656 bits per heavy atom. The summed E-state index contributed by atoms with van der Waals surface area (Å²) in [5.41, 5.74) is 12.5. The van der Waals surface area contributed by atoms with Crippen molar-refractivity contribution in [3.8, 4) is 28.4 Å². The molecule has 9 nitrogen and oxygen atoms in total. The van der Waals surface area contributed by atoms with Gasteiger partial charge in [-0.2, -0.15) is 0 Å². The average molecular weight is 917 g/mol. The van der Waals surface area contributed by atoms with Crippen molar-refractivity contribution in [2.24, 2.45) is 4.99 Å². The van der Waals surface area contributed by atoms with Gasteiger partial charge in [0.15, 0.2) is 23.1 Å². The van der Waals surface area contributed by atoms with E-state index in [0.29, 0.717) is 67.9 Å². The van der Waals surface area contributed by atoms with Gasteiger partial charge in [-0.05, 0) is 87.8 Å². The van der Waals surface area contributed by atoms with Gasteiger partial charge in [-0.1, -0.05) is 155 Å². The molecular weight excluding hydrogens is 867 g/mol. The molecule has 0 radical (unpaired) electrons. The first-order chi connectivity index (χ1) is 31.5. The molecule has 0 aliphatic carbocycles. The van der Waals surface area contributed by atoms with Gasteiger partial charge in [-0.3, -0.25) is 10.2 Å². The average Bonchev–Trinajstić information content (AvgIpc) is 3.74. The maximum absolute atomic E-state index is 15.0. The molecule has 2 atom stereocenters. The predicted octanol–water partition coefficient (Wildman–Crippen LogP) is 10.4. The van der Waals surface area contributed by atoms with Crippen molar-refractivity contribution in [1.82, 2.24) is 10.9 Å².